The molecule has 0 unspecified atom stereocenters. The first-order valence-corrected chi connectivity index (χ1v) is 9.02. The number of hydrogen-bond acceptors (Lipinski definition) is 6. The smallest absolute Gasteiger partial charge is 0.340 e. The number of anilines is 1. The average Bonchev–Trinajstić information content (AvgIpc) is 2.73. The molecule has 0 spiro atoms. The van der Waals surface area contributed by atoms with E-state index >= 15 is 0 Å². The Morgan fingerprint density at radius 2 is 1.76 bits per heavy atom. The number of para-hydroxylation sites is 3. The van der Waals surface area contributed by atoms with E-state index in [1.54, 1.807) is 24.3 Å². The lowest BCUT2D eigenvalue weighted by atomic mass is 10.0. The van der Waals surface area contributed by atoms with Crippen LogP contribution in [-0.4, -0.2) is 37.7 Å². The highest BCUT2D eigenvalue weighted by Crippen LogP contribution is 2.25. The lowest BCUT2D eigenvalue weighted by Gasteiger charge is -2.14. The highest BCUT2D eigenvalue weighted by molar-refractivity contribution is 6.00. The van der Waals surface area contributed by atoms with Gasteiger partial charge in [-0.05, 0) is 30.7 Å². The van der Waals surface area contributed by atoms with Crippen LogP contribution in [0.4, 0.5) is 5.69 Å². The molecule has 7 heteroatoms. The fourth-order valence-electron chi connectivity index (χ4n) is 3.09. The van der Waals surface area contributed by atoms with Gasteiger partial charge in [0.05, 0.1) is 36.2 Å². The Bertz CT molecular complexity index is 1050. The van der Waals surface area contributed by atoms with Crippen LogP contribution < -0.4 is 10.1 Å². The fraction of sp³-hybridized carbons (Fsp3) is 0.227. The molecule has 1 amide bonds. The van der Waals surface area contributed by atoms with Crippen molar-refractivity contribution in [2.45, 2.75) is 13.5 Å². The number of methoxy groups -OCH3 is 2. The molecule has 0 radical (unpaired) electrons. The van der Waals surface area contributed by atoms with Crippen molar-refractivity contribution in [2.24, 2.45) is 0 Å². The maximum Gasteiger partial charge on any atom is 0.340 e. The molecule has 3 aromatic rings. The van der Waals surface area contributed by atoms with Gasteiger partial charge in [0.25, 0.3) is 5.91 Å². The first-order valence-electron chi connectivity index (χ1n) is 9.02. The zero-order valence-electron chi connectivity index (χ0n) is 16.5. The summed E-state index contributed by atoms with van der Waals surface area (Å²) in [6.07, 6.45) is 0. The number of carbonyl (C=O) groups excluding carboxylic acids is 2. The number of esters is 1. The molecule has 0 aliphatic carbocycles. The van der Waals surface area contributed by atoms with Gasteiger partial charge in [0.1, 0.15) is 5.75 Å². The number of nitrogens with one attached hydrogen (secondary N) is 1. The molecular formula is C22H22N2O5. The van der Waals surface area contributed by atoms with Crippen molar-refractivity contribution in [3.05, 3.63) is 65.4 Å². The predicted octanol–water partition coefficient (Wildman–Crippen LogP) is 3.49. The molecule has 0 fully saturated rings. The minimum atomic E-state index is -0.622. The van der Waals surface area contributed by atoms with Crippen LogP contribution in [0, 0.1) is 6.92 Å². The Hall–Kier alpha value is -3.45. The lowest BCUT2D eigenvalue weighted by molar-refractivity contribution is -0.119. The number of nitrogens with zero attached hydrogens (tertiary/aromatic N) is 1. The number of benzene rings is 2. The summed E-state index contributed by atoms with van der Waals surface area (Å²) in [5, 5.41) is 3.52. The van der Waals surface area contributed by atoms with E-state index in [-0.39, 0.29) is 6.61 Å². The summed E-state index contributed by atoms with van der Waals surface area (Å²) < 4.78 is 15.7. The minimum Gasteiger partial charge on any atom is -0.495 e. The van der Waals surface area contributed by atoms with Gasteiger partial charge in [-0.1, -0.05) is 30.3 Å². The second kappa shape index (κ2) is 9.16. The summed E-state index contributed by atoms with van der Waals surface area (Å²) in [5.74, 6) is -0.574. The number of fused-ring (bicyclic) bond motifs is 1. The fourth-order valence-corrected chi connectivity index (χ4v) is 3.09. The number of hydrogen-bond donors (Lipinski definition) is 1. The summed E-state index contributed by atoms with van der Waals surface area (Å²) in [6.45, 7) is 1.55. The van der Waals surface area contributed by atoms with Gasteiger partial charge in [-0.3, -0.25) is 4.79 Å². The first-order chi connectivity index (χ1) is 14.0. The molecule has 0 bridgehead atoms. The van der Waals surface area contributed by atoms with Crippen molar-refractivity contribution in [3.8, 4) is 5.75 Å². The highest BCUT2D eigenvalue weighted by atomic mass is 16.5. The van der Waals surface area contributed by atoms with Crippen LogP contribution in [0.25, 0.3) is 10.9 Å². The highest BCUT2D eigenvalue weighted by Gasteiger charge is 2.21. The van der Waals surface area contributed by atoms with Gasteiger partial charge in [0.15, 0.2) is 6.61 Å². The largest absolute Gasteiger partial charge is 0.495 e. The van der Waals surface area contributed by atoms with Crippen LogP contribution in [0.1, 0.15) is 21.6 Å². The first kappa shape index (κ1) is 20.3. The predicted molar refractivity (Wildman–Crippen MR) is 109 cm³/mol. The molecule has 1 N–H and O–H groups in total. The van der Waals surface area contributed by atoms with Crippen molar-refractivity contribution >= 4 is 28.5 Å². The van der Waals surface area contributed by atoms with Crippen molar-refractivity contribution in [2.75, 3.05) is 26.1 Å². The Morgan fingerprint density at radius 3 is 2.52 bits per heavy atom. The normalized spacial score (nSPS) is 10.6. The number of ether oxygens (including phenoxy) is 3. The molecule has 2 aromatic carbocycles. The standard InChI is InChI=1S/C22H22N2O5/c1-14-15-8-4-5-9-16(15)23-18(12-27-2)21(14)22(26)29-13-20(25)24-17-10-6-7-11-19(17)28-3/h4-11H,12-13H2,1-3H3,(H,24,25). The molecule has 29 heavy (non-hydrogen) atoms. The van der Waals surface area contributed by atoms with E-state index < -0.39 is 18.5 Å². The summed E-state index contributed by atoms with van der Waals surface area (Å²) >= 11 is 0. The lowest BCUT2D eigenvalue weighted by Crippen LogP contribution is -2.22. The van der Waals surface area contributed by atoms with Crippen molar-refractivity contribution in [1.82, 2.24) is 4.98 Å². The number of amides is 1. The molecule has 1 heterocycles. The molecule has 3 rings (SSSR count). The number of rotatable bonds is 7. The van der Waals surface area contributed by atoms with E-state index in [4.69, 9.17) is 14.2 Å². The zero-order valence-corrected chi connectivity index (χ0v) is 16.5. The summed E-state index contributed by atoms with van der Waals surface area (Å²) in [5.41, 5.74) is 2.79. The van der Waals surface area contributed by atoms with Crippen molar-refractivity contribution in [1.29, 1.82) is 0 Å². The van der Waals surface area contributed by atoms with Crippen LogP contribution in [0.15, 0.2) is 48.5 Å². The third-order valence-corrected chi connectivity index (χ3v) is 4.43. The number of pyridine rings is 1. The van der Waals surface area contributed by atoms with Gasteiger partial charge in [0.2, 0.25) is 0 Å². The number of carbonyl (C=O) groups is 2. The van der Waals surface area contributed by atoms with E-state index in [0.717, 1.165) is 16.5 Å². The summed E-state index contributed by atoms with van der Waals surface area (Å²) in [6, 6.07) is 14.5. The third kappa shape index (κ3) is 4.52. The molecule has 0 saturated heterocycles. The Morgan fingerprint density at radius 1 is 1.03 bits per heavy atom. The molecule has 0 atom stereocenters. The van der Waals surface area contributed by atoms with Gasteiger partial charge in [-0.25, -0.2) is 9.78 Å². The van der Waals surface area contributed by atoms with E-state index in [2.05, 4.69) is 10.3 Å². The monoisotopic (exact) mass is 394 g/mol. The Balaban J connectivity index is 1.78. The third-order valence-electron chi connectivity index (χ3n) is 4.43. The maximum atomic E-state index is 12.8. The molecule has 0 aliphatic rings. The molecule has 150 valence electrons. The summed E-state index contributed by atoms with van der Waals surface area (Å²) in [7, 11) is 3.04. The average molecular weight is 394 g/mol. The maximum absolute atomic E-state index is 12.8. The van der Waals surface area contributed by atoms with E-state index in [1.165, 1.54) is 14.2 Å². The molecular weight excluding hydrogens is 372 g/mol. The molecule has 7 nitrogen and oxygen atoms in total. The van der Waals surface area contributed by atoms with Crippen LogP contribution in [0.5, 0.6) is 5.75 Å². The van der Waals surface area contributed by atoms with Gasteiger partial charge in [-0.2, -0.15) is 0 Å². The van der Waals surface area contributed by atoms with E-state index in [0.29, 0.717) is 22.7 Å². The SMILES string of the molecule is COCc1nc2ccccc2c(C)c1C(=O)OCC(=O)Nc1ccccc1OC. The zero-order chi connectivity index (χ0) is 20.8. The minimum absolute atomic E-state index is 0.156. The van der Waals surface area contributed by atoms with Crippen LogP contribution in [0.3, 0.4) is 0 Å². The Kier molecular flexibility index (Phi) is 6.41. The van der Waals surface area contributed by atoms with Crippen LogP contribution >= 0.6 is 0 Å². The molecule has 1 aromatic heterocycles. The second-order valence-electron chi connectivity index (χ2n) is 6.33. The van der Waals surface area contributed by atoms with Gasteiger partial charge in [0, 0.05) is 12.5 Å². The molecule has 0 aliphatic heterocycles. The Labute approximate surface area is 168 Å². The van der Waals surface area contributed by atoms with Gasteiger partial charge < -0.3 is 19.5 Å². The van der Waals surface area contributed by atoms with Gasteiger partial charge >= 0.3 is 5.97 Å². The number of aryl methyl sites for hydroxylation is 1. The van der Waals surface area contributed by atoms with Crippen LogP contribution in [0.2, 0.25) is 0 Å². The number of aromatic nitrogens is 1. The van der Waals surface area contributed by atoms with E-state index in [9.17, 15) is 9.59 Å². The topological polar surface area (TPSA) is 86.8 Å². The molecule has 0 saturated carbocycles. The van der Waals surface area contributed by atoms with E-state index in [1.807, 2.05) is 31.2 Å². The van der Waals surface area contributed by atoms with Gasteiger partial charge in [-0.15, -0.1) is 0 Å². The quantitative estimate of drug-likeness (QED) is 0.617. The summed E-state index contributed by atoms with van der Waals surface area (Å²) in [4.78, 5) is 29.5. The van der Waals surface area contributed by atoms with Crippen molar-refractivity contribution in [3.63, 3.8) is 0 Å². The van der Waals surface area contributed by atoms with Crippen LogP contribution in [-0.2, 0) is 20.9 Å². The second-order valence-corrected chi connectivity index (χ2v) is 6.33. The van der Waals surface area contributed by atoms with Crippen molar-refractivity contribution < 1.29 is 23.8 Å².